The molecule has 0 bridgehead atoms. The SMILES string of the molecule is Cc1ccc(C2=C[C@H](c3ccc(F)cc3)n3nc(NC(=O)c4ccc(F)cc4)nc3N2)cc1. The number of anilines is 2. The number of benzene rings is 3. The number of carbonyl (C=O) groups excluding carboxylic acids is 1. The lowest BCUT2D eigenvalue weighted by atomic mass is 10.0. The topological polar surface area (TPSA) is 71.8 Å². The van der Waals surface area contributed by atoms with E-state index >= 15 is 0 Å². The molecule has 164 valence electrons. The van der Waals surface area contributed by atoms with E-state index in [2.05, 4.69) is 20.7 Å². The van der Waals surface area contributed by atoms with Crippen molar-refractivity contribution < 1.29 is 13.6 Å². The molecular formula is C25H19F2N5O. The number of nitrogens with one attached hydrogen (secondary N) is 2. The summed E-state index contributed by atoms with van der Waals surface area (Å²) in [6.07, 6.45) is 1.98. The highest BCUT2D eigenvalue weighted by atomic mass is 19.1. The maximum atomic E-state index is 13.5. The summed E-state index contributed by atoms with van der Waals surface area (Å²) in [4.78, 5) is 17.0. The maximum absolute atomic E-state index is 13.5. The molecule has 0 unspecified atom stereocenters. The number of hydrogen-bond donors (Lipinski definition) is 2. The number of aromatic nitrogens is 3. The predicted octanol–water partition coefficient (Wildman–Crippen LogP) is 5.17. The zero-order valence-electron chi connectivity index (χ0n) is 17.6. The van der Waals surface area contributed by atoms with Crippen LogP contribution in [0.2, 0.25) is 0 Å². The monoisotopic (exact) mass is 443 g/mol. The highest BCUT2D eigenvalue weighted by Gasteiger charge is 2.26. The molecule has 1 aliphatic rings. The van der Waals surface area contributed by atoms with Crippen molar-refractivity contribution in [1.29, 1.82) is 0 Å². The molecule has 0 saturated carbocycles. The van der Waals surface area contributed by atoms with Crippen molar-refractivity contribution in [2.24, 2.45) is 0 Å². The summed E-state index contributed by atoms with van der Waals surface area (Å²) < 4.78 is 28.3. The molecular weight excluding hydrogens is 424 g/mol. The molecule has 0 aliphatic carbocycles. The van der Waals surface area contributed by atoms with E-state index in [1.54, 1.807) is 16.8 Å². The van der Waals surface area contributed by atoms with Crippen molar-refractivity contribution in [1.82, 2.24) is 14.8 Å². The van der Waals surface area contributed by atoms with Gasteiger partial charge in [0.15, 0.2) is 0 Å². The summed E-state index contributed by atoms with van der Waals surface area (Å²) in [6, 6.07) is 19.0. The molecule has 0 radical (unpaired) electrons. The first-order valence-corrected chi connectivity index (χ1v) is 10.3. The average molecular weight is 443 g/mol. The van der Waals surface area contributed by atoms with Gasteiger partial charge in [-0.3, -0.25) is 10.1 Å². The Morgan fingerprint density at radius 2 is 1.58 bits per heavy atom. The fourth-order valence-electron chi connectivity index (χ4n) is 3.62. The summed E-state index contributed by atoms with van der Waals surface area (Å²) in [7, 11) is 0. The van der Waals surface area contributed by atoms with Gasteiger partial charge in [-0.2, -0.15) is 4.98 Å². The predicted molar refractivity (Wildman–Crippen MR) is 122 cm³/mol. The fraction of sp³-hybridized carbons (Fsp3) is 0.0800. The zero-order valence-corrected chi connectivity index (χ0v) is 17.6. The average Bonchev–Trinajstić information content (AvgIpc) is 3.22. The number of allylic oxidation sites excluding steroid dienone is 1. The maximum Gasteiger partial charge on any atom is 0.258 e. The molecule has 1 aliphatic heterocycles. The van der Waals surface area contributed by atoms with Gasteiger partial charge in [0.2, 0.25) is 5.95 Å². The van der Waals surface area contributed by atoms with E-state index in [1.807, 2.05) is 37.3 Å². The molecule has 6 nitrogen and oxygen atoms in total. The van der Waals surface area contributed by atoms with E-state index in [4.69, 9.17) is 0 Å². The van der Waals surface area contributed by atoms with Crippen LogP contribution < -0.4 is 10.6 Å². The molecule has 4 aromatic rings. The minimum atomic E-state index is -0.456. The zero-order chi connectivity index (χ0) is 22.9. The first kappa shape index (κ1) is 20.6. The van der Waals surface area contributed by atoms with Crippen molar-refractivity contribution in [2.45, 2.75) is 13.0 Å². The van der Waals surface area contributed by atoms with E-state index < -0.39 is 11.7 Å². The molecule has 3 aromatic carbocycles. The summed E-state index contributed by atoms with van der Waals surface area (Å²) in [6.45, 7) is 2.01. The Kier molecular flexibility index (Phi) is 5.18. The van der Waals surface area contributed by atoms with Gasteiger partial charge in [-0.15, -0.1) is 5.10 Å². The third-order valence-corrected chi connectivity index (χ3v) is 5.37. The Balaban J connectivity index is 1.50. The van der Waals surface area contributed by atoms with Crippen LogP contribution in [-0.2, 0) is 0 Å². The number of nitrogens with zero attached hydrogens (tertiary/aromatic N) is 3. The Hall–Kier alpha value is -4.33. The Labute approximate surface area is 188 Å². The van der Waals surface area contributed by atoms with Crippen LogP contribution in [0, 0.1) is 18.6 Å². The van der Waals surface area contributed by atoms with Crippen LogP contribution in [-0.4, -0.2) is 20.7 Å². The second-order valence-electron chi connectivity index (χ2n) is 7.73. The minimum absolute atomic E-state index is 0.0949. The molecule has 1 aromatic heterocycles. The fourth-order valence-corrected chi connectivity index (χ4v) is 3.62. The molecule has 0 spiro atoms. The molecule has 1 atom stereocenters. The number of fused-ring (bicyclic) bond motifs is 1. The van der Waals surface area contributed by atoms with Crippen molar-refractivity contribution in [2.75, 3.05) is 10.6 Å². The van der Waals surface area contributed by atoms with Gasteiger partial charge in [0.05, 0.1) is 0 Å². The Morgan fingerprint density at radius 3 is 2.24 bits per heavy atom. The van der Waals surface area contributed by atoms with E-state index in [0.717, 1.165) is 22.4 Å². The van der Waals surface area contributed by atoms with Gasteiger partial charge in [-0.25, -0.2) is 13.5 Å². The van der Waals surface area contributed by atoms with Crippen LogP contribution in [0.5, 0.6) is 0 Å². The summed E-state index contributed by atoms with van der Waals surface area (Å²) in [5, 5.41) is 10.4. The van der Waals surface area contributed by atoms with E-state index in [0.29, 0.717) is 5.95 Å². The number of halogens is 2. The molecule has 0 saturated heterocycles. The molecule has 1 amide bonds. The lowest BCUT2D eigenvalue weighted by Gasteiger charge is -2.24. The van der Waals surface area contributed by atoms with Gasteiger partial charge in [-0.05, 0) is 60.5 Å². The van der Waals surface area contributed by atoms with Crippen LogP contribution in [0.15, 0.2) is 78.9 Å². The Morgan fingerprint density at radius 1 is 0.939 bits per heavy atom. The van der Waals surface area contributed by atoms with Crippen LogP contribution in [0.25, 0.3) is 5.70 Å². The van der Waals surface area contributed by atoms with Crippen LogP contribution in [0.1, 0.15) is 33.1 Å². The Bertz CT molecular complexity index is 1340. The van der Waals surface area contributed by atoms with Crippen molar-refractivity contribution in [3.63, 3.8) is 0 Å². The molecule has 33 heavy (non-hydrogen) atoms. The highest BCUT2D eigenvalue weighted by Crippen LogP contribution is 2.33. The number of hydrogen-bond acceptors (Lipinski definition) is 4. The van der Waals surface area contributed by atoms with Crippen LogP contribution in [0.3, 0.4) is 0 Å². The van der Waals surface area contributed by atoms with Crippen LogP contribution >= 0.6 is 0 Å². The van der Waals surface area contributed by atoms with Crippen molar-refractivity contribution >= 4 is 23.5 Å². The summed E-state index contributed by atoms with van der Waals surface area (Å²) in [5.74, 6) is -0.693. The number of amides is 1. The number of carbonyl (C=O) groups is 1. The minimum Gasteiger partial charge on any atom is -0.324 e. The normalized spacial score (nSPS) is 14.8. The van der Waals surface area contributed by atoms with Crippen molar-refractivity contribution in [3.05, 3.63) is 113 Å². The van der Waals surface area contributed by atoms with Gasteiger partial charge in [0.1, 0.15) is 17.7 Å². The first-order valence-electron chi connectivity index (χ1n) is 10.3. The molecule has 2 N–H and O–H groups in total. The smallest absolute Gasteiger partial charge is 0.258 e. The van der Waals surface area contributed by atoms with Gasteiger partial charge < -0.3 is 5.32 Å². The van der Waals surface area contributed by atoms with E-state index in [1.165, 1.54) is 36.4 Å². The molecule has 8 heteroatoms. The van der Waals surface area contributed by atoms with Gasteiger partial charge in [-0.1, -0.05) is 42.0 Å². The lowest BCUT2D eigenvalue weighted by Crippen LogP contribution is -2.20. The van der Waals surface area contributed by atoms with Gasteiger partial charge in [0, 0.05) is 11.3 Å². The lowest BCUT2D eigenvalue weighted by molar-refractivity contribution is 0.102. The van der Waals surface area contributed by atoms with Gasteiger partial charge >= 0.3 is 0 Å². The highest BCUT2D eigenvalue weighted by molar-refractivity contribution is 6.03. The standard InChI is InChI=1S/C25H19F2N5O/c1-15-2-4-16(5-3-15)21-14-22(17-6-10-19(26)11-7-17)32-25(28-21)30-24(31-32)29-23(33)18-8-12-20(27)13-9-18/h2-14,22H,1H3,(H2,28,29,30,31,33)/t22-/m1/s1. The third kappa shape index (κ3) is 4.23. The second-order valence-corrected chi connectivity index (χ2v) is 7.73. The van der Waals surface area contributed by atoms with Crippen LogP contribution in [0.4, 0.5) is 20.7 Å². The summed E-state index contributed by atoms with van der Waals surface area (Å²) >= 11 is 0. The van der Waals surface area contributed by atoms with E-state index in [-0.39, 0.29) is 23.4 Å². The summed E-state index contributed by atoms with van der Waals surface area (Å²) in [5.41, 5.74) is 4.01. The quantitative estimate of drug-likeness (QED) is 0.456. The van der Waals surface area contributed by atoms with Crippen molar-refractivity contribution in [3.8, 4) is 0 Å². The number of rotatable bonds is 4. The van der Waals surface area contributed by atoms with Gasteiger partial charge in [0.25, 0.3) is 11.9 Å². The molecule has 5 rings (SSSR count). The third-order valence-electron chi connectivity index (χ3n) is 5.37. The largest absolute Gasteiger partial charge is 0.324 e. The number of aryl methyl sites for hydroxylation is 1. The first-order chi connectivity index (χ1) is 16.0. The molecule has 2 heterocycles. The second kappa shape index (κ2) is 8.31. The molecule has 0 fully saturated rings. The van der Waals surface area contributed by atoms with E-state index in [9.17, 15) is 13.6 Å².